The zero-order chi connectivity index (χ0) is 11.9. The topological polar surface area (TPSA) is 71.1 Å². The second-order valence-electron chi connectivity index (χ2n) is 2.46. The number of carbonyl (C=O) groups excluding carboxylic acids is 1. The van der Waals surface area contributed by atoms with Gasteiger partial charge in [-0.3, -0.25) is 4.57 Å². The summed E-state index contributed by atoms with van der Waals surface area (Å²) in [5, 5.41) is 0. The van der Waals surface area contributed by atoms with Gasteiger partial charge in [0.15, 0.2) is 0 Å². The first-order chi connectivity index (χ1) is 7.05. The van der Waals surface area contributed by atoms with E-state index in [1.165, 1.54) is 14.2 Å². The number of hydrogen-bond acceptors (Lipinski definition) is 6. The Labute approximate surface area is 89.4 Å². The molecule has 6 nitrogen and oxygen atoms in total. The molecule has 0 amide bonds. The van der Waals surface area contributed by atoms with E-state index in [1.54, 1.807) is 13.8 Å². The third-order valence-corrected chi connectivity index (χ3v) is 3.56. The molecule has 90 valence electrons. The number of ether oxygens (including phenoxy) is 2. The summed E-state index contributed by atoms with van der Waals surface area (Å²) in [5.74, 6) is -2.07. The lowest BCUT2D eigenvalue weighted by atomic mass is 10.7. The molecule has 0 aliphatic heterocycles. The van der Waals surface area contributed by atoms with Gasteiger partial charge in [-0.1, -0.05) is 0 Å². The molecule has 0 saturated carbocycles. The molecular weight excluding hydrogens is 223 g/mol. The van der Waals surface area contributed by atoms with Gasteiger partial charge in [0.05, 0.1) is 6.61 Å². The zero-order valence-corrected chi connectivity index (χ0v) is 10.3. The molecule has 1 atom stereocenters. The molecule has 0 fully saturated rings. The minimum Gasteiger partial charge on any atom is -0.464 e. The Hall–Kier alpha value is -0.420. The predicted molar refractivity (Wildman–Crippen MR) is 53.7 cm³/mol. The van der Waals surface area contributed by atoms with Crippen molar-refractivity contribution in [3.8, 4) is 0 Å². The molecular formula is C8H17O6P. The van der Waals surface area contributed by atoms with Crippen molar-refractivity contribution in [3.63, 3.8) is 0 Å². The normalized spacial score (nSPS) is 13.6. The lowest BCUT2D eigenvalue weighted by Gasteiger charge is -2.22. The fourth-order valence-corrected chi connectivity index (χ4v) is 2.12. The van der Waals surface area contributed by atoms with Crippen LogP contribution in [0, 0.1) is 0 Å². The van der Waals surface area contributed by atoms with E-state index in [1.807, 2.05) is 0 Å². The molecule has 15 heavy (non-hydrogen) atoms. The van der Waals surface area contributed by atoms with Crippen LogP contribution in [0.1, 0.15) is 13.8 Å². The van der Waals surface area contributed by atoms with Gasteiger partial charge in [-0.15, -0.1) is 0 Å². The minimum absolute atomic E-state index is 0.176. The van der Waals surface area contributed by atoms with E-state index in [0.29, 0.717) is 0 Å². The summed E-state index contributed by atoms with van der Waals surface area (Å²) < 4.78 is 31.0. The van der Waals surface area contributed by atoms with E-state index in [0.717, 1.165) is 0 Å². The van der Waals surface area contributed by atoms with Crippen molar-refractivity contribution in [2.45, 2.75) is 19.7 Å². The maximum absolute atomic E-state index is 11.9. The molecule has 0 aliphatic rings. The Bertz CT molecular complexity index is 233. The van der Waals surface area contributed by atoms with Gasteiger partial charge in [0.1, 0.15) is 0 Å². The first-order valence-electron chi connectivity index (χ1n) is 4.55. The summed E-state index contributed by atoms with van der Waals surface area (Å²) in [6, 6.07) is 0. The lowest BCUT2D eigenvalue weighted by molar-refractivity contribution is -0.152. The van der Waals surface area contributed by atoms with E-state index in [2.05, 4.69) is 9.05 Å². The molecule has 0 aromatic heterocycles. The molecule has 0 aromatic carbocycles. The van der Waals surface area contributed by atoms with Crippen molar-refractivity contribution in [1.29, 1.82) is 0 Å². The molecule has 0 aromatic rings. The van der Waals surface area contributed by atoms with E-state index in [4.69, 9.17) is 9.47 Å². The molecule has 0 aliphatic carbocycles. The number of hydrogen-bond donors (Lipinski definition) is 0. The van der Waals surface area contributed by atoms with Crippen LogP contribution in [0.2, 0.25) is 0 Å². The van der Waals surface area contributed by atoms with Crippen LogP contribution in [0.3, 0.4) is 0 Å². The Kier molecular flexibility index (Phi) is 6.76. The second kappa shape index (κ2) is 6.95. The van der Waals surface area contributed by atoms with Crippen LogP contribution >= 0.6 is 7.60 Å². The standard InChI is InChI=1S/C8H17O6P/c1-5-13-7(9)8(14-6-2)15(10,11-3)12-4/h8H,5-6H2,1-4H3. The fraction of sp³-hybridized carbons (Fsp3) is 0.875. The van der Waals surface area contributed by atoms with Crippen molar-refractivity contribution >= 4 is 13.6 Å². The van der Waals surface area contributed by atoms with Gasteiger partial charge in [-0.25, -0.2) is 4.79 Å². The molecule has 0 spiro atoms. The first-order valence-corrected chi connectivity index (χ1v) is 6.16. The monoisotopic (exact) mass is 240 g/mol. The molecule has 7 heteroatoms. The minimum atomic E-state index is -3.59. The summed E-state index contributed by atoms with van der Waals surface area (Å²) >= 11 is 0. The Morgan fingerprint density at radius 1 is 1.20 bits per heavy atom. The van der Waals surface area contributed by atoms with E-state index in [-0.39, 0.29) is 13.2 Å². The van der Waals surface area contributed by atoms with Gasteiger partial charge in [-0.2, -0.15) is 0 Å². The van der Waals surface area contributed by atoms with Crippen LogP contribution in [0.25, 0.3) is 0 Å². The van der Waals surface area contributed by atoms with E-state index >= 15 is 0 Å². The highest BCUT2D eigenvalue weighted by atomic mass is 31.2. The van der Waals surface area contributed by atoms with Gasteiger partial charge < -0.3 is 18.5 Å². The third-order valence-electron chi connectivity index (χ3n) is 1.61. The van der Waals surface area contributed by atoms with Crippen LogP contribution in [-0.2, 0) is 27.9 Å². The molecule has 0 N–H and O–H groups in total. The third kappa shape index (κ3) is 3.91. The average molecular weight is 240 g/mol. The smallest absolute Gasteiger partial charge is 0.370 e. The Balaban J connectivity index is 4.77. The van der Waals surface area contributed by atoms with Crippen molar-refractivity contribution < 1.29 is 27.9 Å². The molecule has 0 heterocycles. The van der Waals surface area contributed by atoms with Gasteiger partial charge in [0.2, 0.25) is 0 Å². The average Bonchev–Trinajstić information content (AvgIpc) is 2.25. The molecule has 1 unspecified atom stereocenters. The number of esters is 1. The SMILES string of the molecule is CCOC(=O)C(OCC)P(=O)(OC)OC. The summed E-state index contributed by atoms with van der Waals surface area (Å²) in [5.41, 5.74) is 0. The predicted octanol–water partition coefficient (Wildman–Crippen LogP) is 1.40. The summed E-state index contributed by atoms with van der Waals surface area (Å²) in [7, 11) is -1.21. The highest BCUT2D eigenvalue weighted by Gasteiger charge is 2.42. The molecule has 0 bridgehead atoms. The van der Waals surface area contributed by atoms with Crippen molar-refractivity contribution in [2.24, 2.45) is 0 Å². The van der Waals surface area contributed by atoms with Crippen LogP contribution < -0.4 is 0 Å². The Morgan fingerprint density at radius 2 is 1.73 bits per heavy atom. The van der Waals surface area contributed by atoms with E-state index in [9.17, 15) is 9.36 Å². The quantitative estimate of drug-likeness (QED) is 0.494. The number of rotatable bonds is 7. The van der Waals surface area contributed by atoms with Crippen LogP contribution in [0.5, 0.6) is 0 Å². The fourth-order valence-electron chi connectivity index (χ4n) is 0.926. The maximum atomic E-state index is 11.9. The van der Waals surface area contributed by atoms with Crippen molar-refractivity contribution in [3.05, 3.63) is 0 Å². The number of carbonyl (C=O) groups is 1. The second-order valence-corrected chi connectivity index (χ2v) is 4.74. The molecule has 0 radical (unpaired) electrons. The summed E-state index contributed by atoms with van der Waals surface area (Å²) in [6.07, 6.45) is 0. The first kappa shape index (κ1) is 14.6. The molecule has 0 saturated heterocycles. The highest BCUT2D eigenvalue weighted by molar-refractivity contribution is 7.55. The van der Waals surface area contributed by atoms with Crippen LogP contribution in [0.4, 0.5) is 0 Å². The highest BCUT2D eigenvalue weighted by Crippen LogP contribution is 2.52. The van der Waals surface area contributed by atoms with Crippen molar-refractivity contribution in [1.82, 2.24) is 0 Å². The maximum Gasteiger partial charge on any atom is 0.370 e. The zero-order valence-electron chi connectivity index (χ0n) is 9.39. The lowest BCUT2D eigenvalue weighted by Crippen LogP contribution is -2.28. The summed E-state index contributed by atoms with van der Waals surface area (Å²) in [6.45, 7) is 3.70. The van der Waals surface area contributed by atoms with Crippen molar-refractivity contribution in [2.75, 3.05) is 27.4 Å². The largest absolute Gasteiger partial charge is 0.464 e. The molecule has 0 rings (SSSR count). The van der Waals surface area contributed by atoms with Gasteiger partial charge in [-0.05, 0) is 13.8 Å². The van der Waals surface area contributed by atoms with Gasteiger partial charge in [0.25, 0.3) is 5.85 Å². The van der Waals surface area contributed by atoms with Crippen LogP contribution in [-0.4, -0.2) is 39.2 Å². The summed E-state index contributed by atoms with van der Waals surface area (Å²) in [4.78, 5) is 11.4. The Morgan fingerprint density at radius 3 is 2.07 bits per heavy atom. The van der Waals surface area contributed by atoms with E-state index < -0.39 is 19.4 Å². The van der Waals surface area contributed by atoms with Crippen LogP contribution in [0.15, 0.2) is 0 Å². The van der Waals surface area contributed by atoms with Gasteiger partial charge in [0, 0.05) is 20.8 Å². The van der Waals surface area contributed by atoms with Gasteiger partial charge >= 0.3 is 13.6 Å².